The van der Waals surface area contributed by atoms with E-state index in [0.29, 0.717) is 13.2 Å². The standard InChI is InChI=1S/C13H18O3/c1-11(9-14)7-8-16-10-12-3-5-13(15-2)6-4-12/h3-6,9,11H,7-8,10H2,1-2H3/t11-/m0/s1. The average molecular weight is 222 g/mol. The summed E-state index contributed by atoms with van der Waals surface area (Å²) in [5.74, 6) is 0.925. The van der Waals surface area contributed by atoms with E-state index in [4.69, 9.17) is 9.47 Å². The molecule has 0 amide bonds. The Hall–Kier alpha value is -1.35. The Morgan fingerprint density at radius 3 is 2.56 bits per heavy atom. The lowest BCUT2D eigenvalue weighted by molar-refractivity contribution is -0.111. The van der Waals surface area contributed by atoms with Crippen molar-refractivity contribution >= 4 is 6.29 Å². The molecule has 0 heterocycles. The van der Waals surface area contributed by atoms with Crippen molar-refractivity contribution in [3.8, 4) is 5.75 Å². The molecule has 1 rings (SSSR count). The van der Waals surface area contributed by atoms with Gasteiger partial charge < -0.3 is 14.3 Å². The van der Waals surface area contributed by atoms with E-state index in [2.05, 4.69) is 0 Å². The van der Waals surface area contributed by atoms with Crippen LogP contribution in [-0.2, 0) is 16.1 Å². The number of hydrogen-bond donors (Lipinski definition) is 0. The molecule has 0 N–H and O–H groups in total. The van der Waals surface area contributed by atoms with Gasteiger partial charge in [0.1, 0.15) is 12.0 Å². The van der Waals surface area contributed by atoms with Crippen LogP contribution in [0.4, 0.5) is 0 Å². The molecule has 0 aromatic heterocycles. The van der Waals surface area contributed by atoms with Gasteiger partial charge in [-0.05, 0) is 24.1 Å². The summed E-state index contributed by atoms with van der Waals surface area (Å²) in [6.07, 6.45) is 1.73. The van der Waals surface area contributed by atoms with Crippen molar-refractivity contribution < 1.29 is 14.3 Å². The highest BCUT2D eigenvalue weighted by atomic mass is 16.5. The molecule has 16 heavy (non-hydrogen) atoms. The maximum Gasteiger partial charge on any atom is 0.122 e. The molecular weight excluding hydrogens is 204 g/mol. The smallest absolute Gasteiger partial charge is 0.122 e. The van der Waals surface area contributed by atoms with Crippen LogP contribution in [0.15, 0.2) is 24.3 Å². The first-order valence-electron chi connectivity index (χ1n) is 5.42. The van der Waals surface area contributed by atoms with Crippen molar-refractivity contribution in [2.45, 2.75) is 20.0 Å². The summed E-state index contributed by atoms with van der Waals surface area (Å²) in [6.45, 7) is 3.09. The molecule has 0 aliphatic heterocycles. The van der Waals surface area contributed by atoms with Gasteiger partial charge in [0, 0.05) is 12.5 Å². The zero-order chi connectivity index (χ0) is 11.8. The van der Waals surface area contributed by atoms with Gasteiger partial charge in [-0.1, -0.05) is 19.1 Å². The molecule has 0 aliphatic carbocycles. The number of aldehydes is 1. The topological polar surface area (TPSA) is 35.5 Å². The van der Waals surface area contributed by atoms with Crippen LogP contribution in [0.5, 0.6) is 5.75 Å². The zero-order valence-electron chi connectivity index (χ0n) is 9.81. The molecule has 0 saturated carbocycles. The normalized spacial score (nSPS) is 12.1. The van der Waals surface area contributed by atoms with Crippen LogP contribution in [0.25, 0.3) is 0 Å². The molecule has 1 aromatic rings. The van der Waals surface area contributed by atoms with Crippen molar-refractivity contribution in [3.05, 3.63) is 29.8 Å². The van der Waals surface area contributed by atoms with Gasteiger partial charge >= 0.3 is 0 Å². The fourth-order valence-corrected chi connectivity index (χ4v) is 1.25. The average Bonchev–Trinajstić information content (AvgIpc) is 2.35. The number of carbonyl (C=O) groups is 1. The third-order valence-electron chi connectivity index (χ3n) is 2.38. The highest BCUT2D eigenvalue weighted by Gasteiger charge is 1.99. The van der Waals surface area contributed by atoms with Crippen molar-refractivity contribution in [3.63, 3.8) is 0 Å². The third kappa shape index (κ3) is 4.45. The van der Waals surface area contributed by atoms with Crippen LogP contribution >= 0.6 is 0 Å². The van der Waals surface area contributed by atoms with Crippen LogP contribution in [-0.4, -0.2) is 20.0 Å². The quantitative estimate of drug-likeness (QED) is 0.525. The second kappa shape index (κ2) is 7.01. The lowest BCUT2D eigenvalue weighted by Crippen LogP contribution is -2.02. The molecule has 0 bridgehead atoms. The fraction of sp³-hybridized carbons (Fsp3) is 0.462. The SMILES string of the molecule is COc1ccc(COCC[C@H](C)C=O)cc1. The van der Waals surface area contributed by atoms with Gasteiger partial charge in [0.15, 0.2) is 0 Å². The maximum absolute atomic E-state index is 10.4. The predicted molar refractivity (Wildman–Crippen MR) is 62.5 cm³/mol. The Labute approximate surface area is 96.4 Å². The Morgan fingerprint density at radius 2 is 2.00 bits per heavy atom. The number of rotatable bonds is 7. The molecule has 0 unspecified atom stereocenters. The van der Waals surface area contributed by atoms with E-state index in [1.165, 1.54) is 0 Å². The molecule has 0 spiro atoms. The molecule has 1 atom stereocenters. The van der Waals surface area contributed by atoms with Crippen molar-refractivity contribution in [1.82, 2.24) is 0 Å². The second-order valence-corrected chi connectivity index (χ2v) is 3.80. The minimum absolute atomic E-state index is 0.0795. The highest BCUT2D eigenvalue weighted by Crippen LogP contribution is 2.12. The number of carbonyl (C=O) groups excluding carboxylic acids is 1. The Morgan fingerprint density at radius 1 is 1.31 bits per heavy atom. The third-order valence-corrected chi connectivity index (χ3v) is 2.38. The molecular formula is C13H18O3. The molecule has 3 heteroatoms. The summed E-state index contributed by atoms with van der Waals surface area (Å²) in [6, 6.07) is 7.77. The van der Waals surface area contributed by atoms with E-state index in [1.807, 2.05) is 31.2 Å². The number of methoxy groups -OCH3 is 1. The summed E-state index contributed by atoms with van der Waals surface area (Å²) in [5.41, 5.74) is 1.11. The van der Waals surface area contributed by atoms with E-state index in [-0.39, 0.29) is 5.92 Å². The van der Waals surface area contributed by atoms with E-state index < -0.39 is 0 Å². The summed E-state index contributed by atoms with van der Waals surface area (Å²) in [7, 11) is 1.65. The lowest BCUT2D eigenvalue weighted by Gasteiger charge is -2.06. The minimum Gasteiger partial charge on any atom is -0.497 e. The summed E-state index contributed by atoms with van der Waals surface area (Å²) < 4.78 is 10.5. The van der Waals surface area contributed by atoms with Crippen LogP contribution < -0.4 is 4.74 Å². The van der Waals surface area contributed by atoms with Crippen molar-refractivity contribution in [1.29, 1.82) is 0 Å². The monoisotopic (exact) mass is 222 g/mol. The zero-order valence-corrected chi connectivity index (χ0v) is 9.81. The van der Waals surface area contributed by atoms with E-state index in [1.54, 1.807) is 7.11 Å². The van der Waals surface area contributed by atoms with Gasteiger partial charge in [-0.3, -0.25) is 0 Å². The first-order chi connectivity index (χ1) is 7.76. The summed E-state index contributed by atoms with van der Waals surface area (Å²) in [5, 5.41) is 0. The molecule has 0 saturated heterocycles. The van der Waals surface area contributed by atoms with E-state index >= 15 is 0 Å². The highest BCUT2D eigenvalue weighted by molar-refractivity contribution is 5.52. The van der Waals surface area contributed by atoms with Crippen LogP contribution in [0, 0.1) is 5.92 Å². The largest absolute Gasteiger partial charge is 0.497 e. The van der Waals surface area contributed by atoms with Gasteiger partial charge in [0.25, 0.3) is 0 Å². The fourth-order valence-electron chi connectivity index (χ4n) is 1.25. The first-order valence-corrected chi connectivity index (χ1v) is 5.42. The number of ether oxygens (including phenoxy) is 2. The van der Waals surface area contributed by atoms with E-state index in [0.717, 1.165) is 24.0 Å². The Balaban J connectivity index is 2.24. The molecule has 0 radical (unpaired) electrons. The molecule has 0 aliphatic rings. The van der Waals surface area contributed by atoms with E-state index in [9.17, 15) is 4.79 Å². The lowest BCUT2D eigenvalue weighted by atomic mass is 10.1. The van der Waals surface area contributed by atoms with Gasteiger partial charge in [0.05, 0.1) is 13.7 Å². The van der Waals surface area contributed by atoms with Gasteiger partial charge in [-0.25, -0.2) is 0 Å². The van der Waals surface area contributed by atoms with Crippen LogP contribution in [0.3, 0.4) is 0 Å². The Kier molecular flexibility index (Phi) is 5.57. The molecule has 3 nitrogen and oxygen atoms in total. The van der Waals surface area contributed by atoms with Crippen LogP contribution in [0.1, 0.15) is 18.9 Å². The number of benzene rings is 1. The maximum atomic E-state index is 10.4. The molecule has 0 fully saturated rings. The predicted octanol–water partition coefficient (Wildman–Crippen LogP) is 2.44. The van der Waals surface area contributed by atoms with Crippen molar-refractivity contribution in [2.75, 3.05) is 13.7 Å². The number of hydrogen-bond acceptors (Lipinski definition) is 3. The summed E-state index contributed by atoms with van der Waals surface area (Å²) in [4.78, 5) is 10.4. The molecule has 1 aromatic carbocycles. The van der Waals surface area contributed by atoms with Gasteiger partial charge in [0.2, 0.25) is 0 Å². The first kappa shape index (κ1) is 12.7. The summed E-state index contributed by atoms with van der Waals surface area (Å²) >= 11 is 0. The second-order valence-electron chi connectivity index (χ2n) is 3.80. The minimum atomic E-state index is 0.0795. The van der Waals surface area contributed by atoms with Gasteiger partial charge in [-0.2, -0.15) is 0 Å². The van der Waals surface area contributed by atoms with Gasteiger partial charge in [-0.15, -0.1) is 0 Å². The van der Waals surface area contributed by atoms with Crippen LogP contribution in [0.2, 0.25) is 0 Å². The van der Waals surface area contributed by atoms with Crippen molar-refractivity contribution in [2.24, 2.45) is 5.92 Å². The molecule has 88 valence electrons. The Bertz CT molecular complexity index is 305.